The second-order valence-electron chi connectivity index (χ2n) is 9.43. The van der Waals surface area contributed by atoms with Gasteiger partial charge in [-0.05, 0) is 79.0 Å². The minimum Gasteiger partial charge on any atom is -0.489 e. The summed E-state index contributed by atoms with van der Waals surface area (Å²) < 4.78 is 47.2. The predicted molar refractivity (Wildman–Crippen MR) is 120 cm³/mol. The molecular weight excluding hydrogens is 447 g/mol. The lowest BCUT2D eigenvalue weighted by Gasteiger charge is -2.19. The van der Waals surface area contributed by atoms with E-state index in [1.54, 1.807) is 12.1 Å². The minimum atomic E-state index is -4.48. The number of H-pyrrole nitrogens is 1. The van der Waals surface area contributed by atoms with Crippen molar-refractivity contribution in [3.63, 3.8) is 0 Å². The molecule has 0 amide bonds. The Labute approximate surface area is 194 Å². The molecule has 8 heteroatoms. The number of fused-ring (bicyclic) bond motifs is 3. The molecule has 1 heterocycles. The molecule has 3 atom stereocenters. The first kappa shape index (κ1) is 22.8. The van der Waals surface area contributed by atoms with Crippen LogP contribution in [0, 0.1) is 0 Å². The van der Waals surface area contributed by atoms with Gasteiger partial charge in [0.1, 0.15) is 12.4 Å². The lowest BCUT2D eigenvalue weighted by Crippen LogP contribution is -2.13. The number of aliphatic hydroxyl groups excluding tert-OH is 1. The highest BCUT2D eigenvalue weighted by atomic mass is 19.4. The molecule has 0 saturated heterocycles. The molecule has 2 aromatic carbocycles. The normalized spacial score (nSPS) is 22.3. The van der Waals surface area contributed by atoms with Gasteiger partial charge in [-0.2, -0.15) is 13.2 Å². The number of aromatic amines is 1. The van der Waals surface area contributed by atoms with Gasteiger partial charge in [-0.3, -0.25) is 4.79 Å². The summed E-state index contributed by atoms with van der Waals surface area (Å²) in [5.41, 5.74) is 2.96. The van der Waals surface area contributed by atoms with Crippen LogP contribution in [-0.2, 0) is 24.0 Å². The maximum atomic E-state index is 13.8. The van der Waals surface area contributed by atoms with Crippen molar-refractivity contribution in [2.24, 2.45) is 0 Å². The third-order valence-electron chi connectivity index (χ3n) is 7.16. The second-order valence-corrected chi connectivity index (χ2v) is 9.43. The monoisotopic (exact) mass is 473 g/mol. The number of rotatable bonds is 6. The van der Waals surface area contributed by atoms with Gasteiger partial charge in [-0.15, -0.1) is 0 Å². The van der Waals surface area contributed by atoms with Gasteiger partial charge in [0, 0.05) is 22.5 Å². The molecule has 1 aromatic heterocycles. The molecule has 34 heavy (non-hydrogen) atoms. The molecule has 1 saturated carbocycles. The van der Waals surface area contributed by atoms with Crippen molar-refractivity contribution < 1.29 is 32.9 Å². The Bertz CT molecular complexity index is 1230. The Hall–Kier alpha value is -3.00. The maximum Gasteiger partial charge on any atom is 0.416 e. The number of aromatic nitrogens is 1. The summed E-state index contributed by atoms with van der Waals surface area (Å²) in [6.45, 7) is -0.00356. The molecule has 0 bridgehead atoms. The van der Waals surface area contributed by atoms with Crippen LogP contribution in [0.25, 0.3) is 10.9 Å². The predicted octanol–water partition coefficient (Wildman–Crippen LogP) is 5.90. The highest BCUT2D eigenvalue weighted by Crippen LogP contribution is 2.43. The van der Waals surface area contributed by atoms with E-state index in [4.69, 9.17) is 9.84 Å². The molecule has 5 nitrogen and oxygen atoms in total. The molecule has 0 spiro atoms. The minimum absolute atomic E-state index is 0.00356. The second kappa shape index (κ2) is 8.65. The third-order valence-corrected chi connectivity index (χ3v) is 7.16. The van der Waals surface area contributed by atoms with Crippen LogP contribution in [0.15, 0.2) is 36.4 Å². The zero-order chi connectivity index (χ0) is 24.0. The number of carboxylic acid groups (broad SMARTS) is 1. The van der Waals surface area contributed by atoms with Crippen molar-refractivity contribution >= 4 is 16.9 Å². The van der Waals surface area contributed by atoms with Crippen molar-refractivity contribution in [1.29, 1.82) is 0 Å². The van der Waals surface area contributed by atoms with Crippen molar-refractivity contribution in [3.05, 3.63) is 64.3 Å². The first-order valence-corrected chi connectivity index (χ1v) is 11.6. The number of nitrogens with one attached hydrogen (secondary N) is 1. The fourth-order valence-corrected chi connectivity index (χ4v) is 5.53. The van der Waals surface area contributed by atoms with Gasteiger partial charge in [0.05, 0.1) is 18.1 Å². The Balaban J connectivity index is 1.35. The summed E-state index contributed by atoms with van der Waals surface area (Å²) in [6.07, 6.45) is -1.95. The van der Waals surface area contributed by atoms with Crippen molar-refractivity contribution in [2.45, 2.75) is 69.2 Å². The molecular formula is C26H26F3NO4. The Morgan fingerprint density at radius 2 is 1.94 bits per heavy atom. The number of carboxylic acids is 1. The molecule has 0 aliphatic heterocycles. The molecule has 2 aliphatic rings. The lowest BCUT2D eigenvalue weighted by molar-refractivity contribution is -0.139. The summed E-state index contributed by atoms with van der Waals surface area (Å²) in [7, 11) is 0. The van der Waals surface area contributed by atoms with Crippen molar-refractivity contribution in [2.75, 3.05) is 0 Å². The highest BCUT2D eigenvalue weighted by Gasteiger charge is 2.37. The zero-order valence-electron chi connectivity index (χ0n) is 18.5. The summed E-state index contributed by atoms with van der Waals surface area (Å²) >= 11 is 0. The fourth-order valence-electron chi connectivity index (χ4n) is 5.53. The third kappa shape index (κ3) is 4.39. The Morgan fingerprint density at radius 3 is 2.65 bits per heavy atom. The van der Waals surface area contributed by atoms with Crippen LogP contribution >= 0.6 is 0 Å². The van der Waals surface area contributed by atoms with E-state index >= 15 is 0 Å². The van der Waals surface area contributed by atoms with Crippen LogP contribution < -0.4 is 4.74 Å². The van der Waals surface area contributed by atoms with Gasteiger partial charge >= 0.3 is 12.1 Å². The number of hydrogen-bond donors (Lipinski definition) is 3. The number of hydrogen-bond acceptors (Lipinski definition) is 3. The average molecular weight is 473 g/mol. The van der Waals surface area contributed by atoms with E-state index in [2.05, 4.69) is 4.98 Å². The van der Waals surface area contributed by atoms with E-state index in [1.807, 2.05) is 12.1 Å². The van der Waals surface area contributed by atoms with E-state index in [-0.39, 0.29) is 30.4 Å². The van der Waals surface area contributed by atoms with Crippen LogP contribution in [0.4, 0.5) is 13.2 Å². The SMILES string of the molecule is O=C(O)C[C@H]1CCc2c1[nH]c1ccc(OCc3ccc([C@H]4CC[C@@H](O)C4)c(C(F)(F)F)c3)cc21. The first-order chi connectivity index (χ1) is 16.2. The average Bonchev–Trinajstić information content (AvgIpc) is 3.47. The molecule has 3 aromatic rings. The molecule has 5 rings (SSSR count). The number of aliphatic carboxylic acids is 1. The number of alkyl halides is 3. The zero-order valence-corrected chi connectivity index (χ0v) is 18.5. The molecule has 2 aliphatic carbocycles. The number of aryl methyl sites for hydroxylation is 1. The van der Waals surface area contributed by atoms with Gasteiger partial charge in [0.25, 0.3) is 0 Å². The van der Waals surface area contributed by atoms with Crippen molar-refractivity contribution in [1.82, 2.24) is 4.98 Å². The van der Waals surface area contributed by atoms with Gasteiger partial charge < -0.3 is 19.9 Å². The lowest BCUT2D eigenvalue weighted by atomic mass is 9.91. The molecule has 180 valence electrons. The number of benzene rings is 2. The smallest absolute Gasteiger partial charge is 0.416 e. The van der Waals surface area contributed by atoms with Crippen molar-refractivity contribution in [3.8, 4) is 5.75 Å². The fraction of sp³-hybridized carbons (Fsp3) is 0.423. The van der Waals surface area contributed by atoms with E-state index in [0.717, 1.165) is 41.1 Å². The largest absolute Gasteiger partial charge is 0.489 e. The van der Waals surface area contributed by atoms with E-state index < -0.39 is 23.8 Å². The van der Waals surface area contributed by atoms with Crippen LogP contribution in [0.2, 0.25) is 0 Å². The van der Waals surface area contributed by atoms with Crippen LogP contribution in [0.3, 0.4) is 0 Å². The van der Waals surface area contributed by atoms with Gasteiger partial charge in [0.2, 0.25) is 0 Å². The van der Waals surface area contributed by atoms with E-state index in [9.17, 15) is 23.1 Å². The summed E-state index contributed by atoms with van der Waals surface area (Å²) in [5.74, 6) is -0.601. The standard InChI is InChI=1S/C26H26F3NO4/c27-26(28,29)22-9-14(1-6-19(22)15-2-4-17(31)10-15)13-34-18-5-8-23-21(12-18)20-7-3-16(11-24(32)33)25(20)30-23/h1,5-6,8-9,12,15-17,30-31H,2-4,7,10-11,13H2,(H,32,33)/t15-,16+,17+/m0/s1. The highest BCUT2D eigenvalue weighted by molar-refractivity contribution is 5.87. The quantitative estimate of drug-likeness (QED) is 0.416. The number of ether oxygens (including phenoxy) is 1. The van der Waals surface area contributed by atoms with Crippen LogP contribution in [0.5, 0.6) is 5.75 Å². The van der Waals surface area contributed by atoms with Gasteiger partial charge in [-0.1, -0.05) is 12.1 Å². The number of carbonyl (C=O) groups is 1. The maximum absolute atomic E-state index is 13.8. The molecule has 3 N–H and O–H groups in total. The number of halogens is 3. The molecule has 0 radical (unpaired) electrons. The van der Waals surface area contributed by atoms with E-state index in [1.165, 1.54) is 6.07 Å². The topological polar surface area (TPSA) is 82.5 Å². The Morgan fingerprint density at radius 1 is 1.12 bits per heavy atom. The number of aliphatic hydroxyl groups is 1. The molecule has 0 unspecified atom stereocenters. The summed E-state index contributed by atoms with van der Waals surface area (Å²) in [6, 6.07) is 9.83. The Kier molecular flexibility index (Phi) is 5.80. The first-order valence-electron chi connectivity index (χ1n) is 11.6. The van der Waals surface area contributed by atoms with Gasteiger partial charge in [-0.25, -0.2) is 0 Å². The van der Waals surface area contributed by atoms with Gasteiger partial charge in [0.15, 0.2) is 0 Å². The van der Waals surface area contributed by atoms with E-state index in [0.29, 0.717) is 30.6 Å². The molecule has 1 fully saturated rings. The van der Waals surface area contributed by atoms with Crippen LogP contribution in [-0.4, -0.2) is 27.3 Å². The van der Waals surface area contributed by atoms with Crippen LogP contribution in [0.1, 0.15) is 71.9 Å². The summed E-state index contributed by atoms with van der Waals surface area (Å²) in [4.78, 5) is 14.5. The summed E-state index contributed by atoms with van der Waals surface area (Å²) in [5, 5.41) is 19.9.